The number of hydrogen-bond donors (Lipinski definition) is 0. The fraction of sp³-hybridized carbons (Fsp3) is 0.552. The van der Waals surface area contributed by atoms with Crippen molar-refractivity contribution in [3.05, 3.63) is 53.0 Å². The van der Waals surface area contributed by atoms with Crippen molar-refractivity contribution in [1.29, 1.82) is 5.26 Å². The van der Waals surface area contributed by atoms with E-state index >= 15 is 0 Å². The third kappa shape index (κ3) is 6.63. The van der Waals surface area contributed by atoms with Crippen LogP contribution in [0, 0.1) is 23.2 Å². The number of pyridine rings is 1. The second kappa shape index (κ2) is 12.3. The highest BCUT2D eigenvalue weighted by atomic mass is 16.5. The van der Waals surface area contributed by atoms with Gasteiger partial charge in [0.1, 0.15) is 17.5 Å². The molecule has 7 nitrogen and oxygen atoms in total. The summed E-state index contributed by atoms with van der Waals surface area (Å²) in [5, 5.41) is 14.7. The van der Waals surface area contributed by atoms with Gasteiger partial charge in [-0.15, -0.1) is 0 Å². The highest BCUT2D eigenvalue weighted by molar-refractivity contribution is 5.84. The zero-order valence-electron chi connectivity index (χ0n) is 22.2. The van der Waals surface area contributed by atoms with Gasteiger partial charge in [0, 0.05) is 24.7 Å². The molecule has 1 aromatic carbocycles. The number of rotatable bonds is 11. The Morgan fingerprint density at radius 2 is 2.06 bits per heavy atom. The molecular weight excluding hydrogens is 450 g/mol. The summed E-state index contributed by atoms with van der Waals surface area (Å²) >= 11 is 0. The predicted octanol–water partition coefficient (Wildman–Crippen LogP) is 5.43. The Morgan fingerprint density at radius 1 is 1.25 bits per heavy atom. The molecule has 0 saturated carbocycles. The lowest BCUT2D eigenvalue weighted by Gasteiger charge is -2.31. The predicted molar refractivity (Wildman–Crippen MR) is 142 cm³/mol. The first kappa shape index (κ1) is 26.1. The van der Waals surface area contributed by atoms with Gasteiger partial charge in [-0.1, -0.05) is 25.4 Å². The summed E-state index contributed by atoms with van der Waals surface area (Å²) in [4.78, 5) is 8.70. The molecule has 1 saturated heterocycles. The van der Waals surface area contributed by atoms with Crippen molar-refractivity contribution in [2.75, 3.05) is 33.8 Å². The van der Waals surface area contributed by atoms with Crippen molar-refractivity contribution >= 4 is 11.0 Å². The van der Waals surface area contributed by atoms with E-state index in [1.54, 1.807) is 6.20 Å². The third-order valence-electron chi connectivity index (χ3n) is 7.31. The van der Waals surface area contributed by atoms with Crippen LogP contribution in [0.5, 0.6) is 5.75 Å². The summed E-state index contributed by atoms with van der Waals surface area (Å²) in [6.07, 6.45) is 7.26. The average Bonchev–Trinajstić information content (AvgIpc) is 3.31. The van der Waals surface area contributed by atoms with E-state index in [4.69, 9.17) is 14.5 Å². The van der Waals surface area contributed by atoms with Gasteiger partial charge < -0.3 is 14.2 Å². The van der Waals surface area contributed by atoms with Gasteiger partial charge in [0.05, 0.1) is 17.9 Å². The number of aryl methyl sites for hydroxylation is 1. The molecule has 0 radical (unpaired) electrons. The molecule has 0 N–H and O–H groups in total. The Balaban J connectivity index is 1.36. The van der Waals surface area contributed by atoms with E-state index in [-0.39, 0.29) is 0 Å². The molecule has 3 aromatic rings. The Bertz CT molecular complexity index is 1170. The van der Waals surface area contributed by atoms with Gasteiger partial charge in [-0.2, -0.15) is 5.26 Å². The molecule has 0 bridgehead atoms. The van der Waals surface area contributed by atoms with Crippen LogP contribution in [0.1, 0.15) is 62.0 Å². The normalized spacial score (nSPS) is 15.9. The van der Waals surface area contributed by atoms with E-state index in [1.165, 1.54) is 12.8 Å². The van der Waals surface area contributed by atoms with E-state index in [2.05, 4.69) is 66.1 Å². The van der Waals surface area contributed by atoms with Crippen molar-refractivity contribution in [3.63, 3.8) is 0 Å². The number of likely N-dealkylation sites (tertiary alicyclic amines) is 1. The summed E-state index contributed by atoms with van der Waals surface area (Å²) in [7, 11) is 4.14. The number of nitriles is 1. The zero-order chi connectivity index (χ0) is 25.5. The summed E-state index contributed by atoms with van der Waals surface area (Å²) in [5.41, 5.74) is 4.66. The Morgan fingerprint density at radius 3 is 2.78 bits per heavy atom. The largest absolute Gasteiger partial charge is 0.493 e. The fourth-order valence-corrected chi connectivity index (χ4v) is 4.89. The van der Waals surface area contributed by atoms with E-state index < -0.39 is 0 Å². The Hall–Kier alpha value is -2.95. The van der Waals surface area contributed by atoms with Crippen LogP contribution < -0.4 is 4.74 Å². The van der Waals surface area contributed by atoms with Crippen molar-refractivity contribution in [2.24, 2.45) is 11.8 Å². The minimum absolute atomic E-state index is 0.491. The van der Waals surface area contributed by atoms with Crippen LogP contribution >= 0.6 is 0 Å². The van der Waals surface area contributed by atoms with E-state index in [0.717, 1.165) is 79.0 Å². The van der Waals surface area contributed by atoms with Gasteiger partial charge in [-0.25, -0.2) is 4.98 Å². The van der Waals surface area contributed by atoms with Crippen LogP contribution in [0.3, 0.4) is 0 Å². The monoisotopic (exact) mass is 489 g/mol. The van der Waals surface area contributed by atoms with Gasteiger partial charge in [0.25, 0.3) is 0 Å². The van der Waals surface area contributed by atoms with Crippen molar-refractivity contribution < 1.29 is 9.26 Å². The maximum absolute atomic E-state index is 9.08. The number of fused-ring (bicyclic) bond motifs is 1. The summed E-state index contributed by atoms with van der Waals surface area (Å²) < 4.78 is 12.1. The van der Waals surface area contributed by atoms with Gasteiger partial charge in [0.15, 0.2) is 5.58 Å². The molecule has 4 rings (SSSR count). The maximum Gasteiger partial charge on any atom is 0.175 e. The molecular formula is C29H39N5O2. The first-order chi connectivity index (χ1) is 17.5. The average molecular weight is 490 g/mol. The van der Waals surface area contributed by atoms with Gasteiger partial charge in [0.2, 0.25) is 0 Å². The number of ether oxygens (including phenoxy) is 1. The molecule has 1 aliphatic heterocycles. The number of hydrogen-bond acceptors (Lipinski definition) is 7. The Labute approximate surface area is 215 Å². The number of benzene rings is 1. The van der Waals surface area contributed by atoms with Crippen LogP contribution in [-0.2, 0) is 19.5 Å². The van der Waals surface area contributed by atoms with Gasteiger partial charge in [-0.3, -0.25) is 4.90 Å². The van der Waals surface area contributed by atoms with Crippen molar-refractivity contribution in [2.45, 2.75) is 59.0 Å². The molecule has 2 aromatic heterocycles. The molecule has 1 unspecified atom stereocenters. The molecule has 0 amide bonds. The van der Waals surface area contributed by atoms with Crippen LogP contribution in [0.25, 0.3) is 11.0 Å². The van der Waals surface area contributed by atoms with E-state index in [1.807, 2.05) is 12.1 Å². The second-order valence-corrected chi connectivity index (χ2v) is 10.5. The Kier molecular flexibility index (Phi) is 8.95. The lowest BCUT2D eigenvalue weighted by Crippen LogP contribution is -2.33. The van der Waals surface area contributed by atoms with Crippen molar-refractivity contribution in [1.82, 2.24) is 19.9 Å². The minimum Gasteiger partial charge on any atom is -0.493 e. The SMILES string of the molecule is CCC(C)COc1ccc2c(CCC3CCN(Cc4ccnc(C#N)c4)CC3)noc2c1CN(C)C. The van der Waals surface area contributed by atoms with Gasteiger partial charge in [-0.05, 0) is 94.5 Å². The fourth-order valence-electron chi connectivity index (χ4n) is 4.89. The van der Waals surface area contributed by atoms with Crippen LogP contribution in [0.15, 0.2) is 35.0 Å². The van der Waals surface area contributed by atoms with Crippen LogP contribution in [-0.4, -0.2) is 53.7 Å². The molecule has 192 valence electrons. The third-order valence-corrected chi connectivity index (χ3v) is 7.31. The minimum atomic E-state index is 0.491. The van der Waals surface area contributed by atoms with E-state index in [9.17, 15) is 0 Å². The van der Waals surface area contributed by atoms with E-state index in [0.29, 0.717) is 24.1 Å². The van der Waals surface area contributed by atoms with Crippen LogP contribution in [0.2, 0.25) is 0 Å². The summed E-state index contributed by atoms with van der Waals surface area (Å²) in [6.45, 7) is 8.92. The smallest absolute Gasteiger partial charge is 0.175 e. The molecule has 0 spiro atoms. The van der Waals surface area contributed by atoms with Gasteiger partial charge >= 0.3 is 0 Å². The lowest BCUT2D eigenvalue weighted by atomic mass is 9.91. The standard InChI is InChI=1S/C29H39N5O2/c1-5-21(2)20-35-28-9-7-25-27(32-36-29(25)26(28)19-33(3)4)8-6-22-11-14-34(15-12-22)18-23-10-13-31-24(16-23)17-30/h7,9-10,13,16,21-22H,5-6,8,11-12,14-15,18-20H2,1-4H3. The molecule has 0 aliphatic carbocycles. The maximum atomic E-state index is 9.08. The highest BCUT2D eigenvalue weighted by Crippen LogP contribution is 2.33. The molecule has 36 heavy (non-hydrogen) atoms. The first-order valence-electron chi connectivity index (χ1n) is 13.2. The quantitative estimate of drug-likeness (QED) is 0.355. The number of aromatic nitrogens is 2. The molecule has 1 aliphatic rings. The number of nitrogens with zero attached hydrogens (tertiary/aromatic N) is 5. The summed E-state index contributed by atoms with van der Waals surface area (Å²) in [6, 6.07) is 10.3. The zero-order valence-corrected chi connectivity index (χ0v) is 22.2. The number of piperidine rings is 1. The second-order valence-electron chi connectivity index (χ2n) is 10.5. The summed E-state index contributed by atoms with van der Waals surface area (Å²) in [5.74, 6) is 2.12. The first-order valence-corrected chi connectivity index (χ1v) is 13.2. The van der Waals surface area contributed by atoms with Crippen LogP contribution in [0.4, 0.5) is 0 Å². The highest BCUT2D eigenvalue weighted by Gasteiger charge is 2.22. The molecule has 1 fully saturated rings. The lowest BCUT2D eigenvalue weighted by molar-refractivity contribution is 0.172. The van der Waals surface area contributed by atoms with Crippen molar-refractivity contribution in [3.8, 4) is 11.8 Å². The molecule has 1 atom stereocenters. The topological polar surface area (TPSA) is 78.4 Å². The molecule has 7 heteroatoms. The molecule has 3 heterocycles.